The first-order chi connectivity index (χ1) is 12.6. The van der Waals surface area contributed by atoms with E-state index < -0.39 is 0 Å². The van der Waals surface area contributed by atoms with Gasteiger partial charge in [0.1, 0.15) is 5.00 Å². The van der Waals surface area contributed by atoms with Gasteiger partial charge in [0.25, 0.3) is 0 Å². The summed E-state index contributed by atoms with van der Waals surface area (Å²) in [4.78, 5) is 25.9. The van der Waals surface area contributed by atoms with Gasteiger partial charge in [-0.15, -0.1) is 11.3 Å². The quantitative estimate of drug-likeness (QED) is 0.571. The second-order valence-corrected chi connectivity index (χ2v) is 7.55. The van der Waals surface area contributed by atoms with E-state index >= 15 is 0 Å². The maximum atomic E-state index is 12.4. The second-order valence-electron chi connectivity index (χ2n) is 6.01. The van der Waals surface area contributed by atoms with Crippen molar-refractivity contribution >= 4 is 45.9 Å². The predicted molar refractivity (Wildman–Crippen MR) is 106 cm³/mol. The third-order valence-corrected chi connectivity index (χ3v) is 5.64. The topological polar surface area (TPSA) is 55.4 Å². The Bertz CT molecular complexity index is 839. The Hall–Kier alpha value is -2.11. The lowest BCUT2D eigenvalue weighted by Gasteiger charge is -2.12. The van der Waals surface area contributed by atoms with Gasteiger partial charge in [0.15, 0.2) is 0 Å². The molecule has 0 radical (unpaired) electrons. The molecule has 0 bridgehead atoms. The fourth-order valence-corrected chi connectivity index (χ4v) is 4.38. The standard InChI is InChI=1S/C20H20ClNO3S/c1-2-25-20(24)18-15-5-3-4-6-16(15)26-19(18)22-17(23)12-9-13-7-10-14(21)11-8-13/h7-12H,2-6H2,1H3,(H,22,23)/b12-9-. The first-order valence-corrected chi connectivity index (χ1v) is 9.84. The van der Waals surface area contributed by atoms with Crippen molar-refractivity contribution in [2.45, 2.75) is 32.6 Å². The molecule has 0 spiro atoms. The number of carbonyl (C=O) groups excluding carboxylic acids is 2. The molecule has 0 saturated carbocycles. The molecule has 0 atom stereocenters. The third kappa shape index (κ3) is 4.34. The van der Waals surface area contributed by atoms with Crippen LogP contribution in [0.15, 0.2) is 30.3 Å². The average Bonchev–Trinajstić information content (AvgIpc) is 2.99. The molecule has 0 fully saturated rings. The number of carbonyl (C=O) groups is 2. The SMILES string of the molecule is CCOC(=O)c1c(NC(=O)/C=C\c2ccc(Cl)cc2)sc2c1CCCC2. The molecule has 3 rings (SSSR count). The Morgan fingerprint density at radius 2 is 1.96 bits per heavy atom. The predicted octanol–water partition coefficient (Wildman–Crippen LogP) is 5.11. The Morgan fingerprint density at radius 3 is 2.69 bits per heavy atom. The maximum absolute atomic E-state index is 12.4. The van der Waals surface area contributed by atoms with Crippen molar-refractivity contribution in [3.05, 3.63) is 56.9 Å². The molecule has 1 aromatic heterocycles. The maximum Gasteiger partial charge on any atom is 0.341 e. The summed E-state index contributed by atoms with van der Waals surface area (Å²) in [5.74, 6) is -0.632. The lowest BCUT2D eigenvalue weighted by molar-refractivity contribution is -0.111. The van der Waals surface area contributed by atoms with Crippen LogP contribution in [0.4, 0.5) is 5.00 Å². The van der Waals surface area contributed by atoms with Crippen molar-refractivity contribution in [2.75, 3.05) is 11.9 Å². The number of amides is 1. The van der Waals surface area contributed by atoms with Crippen molar-refractivity contribution in [3.8, 4) is 0 Å². The summed E-state index contributed by atoms with van der Waals surface area (Å²) in [6, 6.07) is 7.20. The van der Waals surface area contributed by atoms with Crippen LogP contribution in [0.5, 0.6) is 0 Å². The van der Waals surface area contributed by atoms with E-state index in [0.29, 0.717) is 22.2 Å². The summed E-state index contributed by atoms with van der Waals surface area (Å²) in [5.41, 5.74) is 2.44. The van der Waals surface area contributed by atoms with E-state index in [9.17, 15) is 9.59 Å². The van der Waals surface area contributed by atoms with Crippen molar-refractivity contribution in [1.29, 1.82) is 0 Å². The lowest BCUT2D eigenvalue weighted by Crippen LogP contribution is -2.14. The summed E-state index contributed by atoms with van der Waals surface area (Å²) in [6.45, 7) is 2.09. The molecule has 0 saturated heterocycles. The molecule has 136 valence electrons. The number of benzene rings is 1. The van der Waals surface area contributed by atoms with Crippen LogP contribution in [0.3, 0.4) is 0 Å². The van der Waals surface area contributed by atoms with E-state index in [2.05, 4.69) is 5.32 Å². The number of hydrogen-bond donors (Lipinski definition) is 1. The number of rotatable bonds is 5. The van der Waals surface area contributed by atoms with Gasteiger partial charge in [-0.3, -0.25) is 4.79 Å². The van der Waals surface area contributed by atoms with E-state index in [1.165, 1.54) is 22.3 Å². The minimum absolute atomic E-state index is 0.274. The molecule has 1 heterocycles. The fourth-order valence-electron chi connectivity index (χ4n) is 2.97. The zero-order valence-corrected chi connectivity index (χ0v) is 16.1. The Labute approximate surface area is 161 Å². The minimum atomic E-state index is -0.358. The molecule has 1 N–H and O–H groups in total. The molecule has 0 aliphatic heterocycles. The molecule has 1 aliphatic carbocycles. The smallest absolute Gasteiger partial charge is 0.341 e. The Balaban J connectivity index is 1.80. The van der Waals surface area contributed by atoms with Crippen molar-refractivity contribution in [3.63, 3.8) is 0 Å². The van der Waals surface area contributed by atoms with E-state index in [4.69, 9.17) is 16.3 Å². The highest BCUT2D eigenvalue weighted by Gasteiger charge is 2.26. The van der Waals surface area contributed by atoms with Gasteiger partial charge in [-0.2, -0.15) is 0 Å². The Morgan fingerprint density at radius 1 is 1.23 bits per heavy atom. The molecule has 6 heteroatoms. The van der Waals surface area contributed by atoms with Crippen LogP contribution < -0.4 is 5.32 Å². The number of aryl methyl sites for hydroxylation is 1. The molecular formula is C20H20ClNO3S. The second kappa shape index (κ2) is 8.52. The summed E-state index contributed by atoms with van der Waals surface area (Å²) in [5, 5.41) is 4.09. The number of halogens is 1. The highest BCUT2D eigenvalue weighted by Crippen LogP contribution is 2.38. The van der Waals surface area contributed by atoms with Crippen molar-refractivity contribution in [1.82, 2.24) is 0 Å². The molecule has 0 unspecified atom stereocenters. The van der Waals surface area contributed by atoms with E-state index in [1.807, 2.05) is 12.1 Å². The molecule has 1 aliphatic rings. The van der Waals surface area contributed by atoms with Crippen LogP contribution in [0.25, 0.3) is 6.08 Å². The van der Waals surface area contributed by atoms with E-state index in [-0.39, 0.29) is 11.9 Å². The van der Waals surface area contributed by atoms with Gasteiger partial charge in [-0.25, -0.2) is 4.79 Å². The van der Waals surface area contributed by atoms with Crippen LogP contribution in [-0.4, -0.2) is 18.5 Å². The average molecular weight is 390 g/mol. The summed E-state index contributed by atoms with van der Waals surface area (Å²) < 4.78 is 5.20. The Kier molecular flexibility index (Phi) is 6.12. The third-order valence-electron chi connectivity index (χ3n) is 4.18. The van der Waals surface area contributed by atoms with Gasteiger partial charge >= 0.3 is 5.97 Å². The molecule has 4 nitrogen and oxygen atoms in total. The van der Waals surface area contributed by atoms with Crippen LogP contribution in [0.2, 0.25) is 5.02 Å². The van der Waals surface area contributed by atoms with E-state index in [1.54, 1.807) is 25.1 Å². The van der Waals surface area contributed by atoms with Gasteiger partial charge in [0, 0.05) is 16.0 Å². The summed E-state index contributed by atoms with van der Waals surface area (Å²) in [7, 11) is 0. The molecule has 26 heavy (non-hydrogen) atoms. The number of hydrogen-bond acceptors (Lipinski definition) is 4. The number of ether oxygens (including phenoxy) is 1. The first kappa shape index (κ1) is 18.7. The summed E-state index contributed by atoms with van der Waals surface area (Å²) >= 11 is 7.34. The van der Waals surface area contributed by atoms with Gasteiger partial charge in [-0.05, 0) is 61.9 Å². The molecule has 1 amide bonds. The zero-order valence-electron chi connectivity index (χ0n) is 14.5. The number of esters is 1. The van der Waals surface area contributed by atoms with Crippen LogP contribution in [-0.2, 0) is 22.4 Å². The van der Waals surface area contributed by atoms with Crippen LogP contribution in [0.1, 0.15) is 46.1 Å². The number of fused-ring (bicyclic) bond motifs is 1. The largest absolute Gasteiger partial charge is 0.462 e. The lowest BCUT2D eigenvalue weighted by atomic mass is 9.95. The number of thiophene rings is 1. The van der Waals surface area contributed by atoms with Gasteiger partial charge < -0.3 is 10.1 Å². The highest BCUT2D eigenvalue weighted by atomic mass is 35.5. The normalized spacial score (nSPS) is 13.5. The summed E-state index contributed by atoms with van der Waals surface area (Å²) in [6.07, 6.45) is 7.14. The highest BCUT2D eigenvalue weighted by molar-refractivity contribution is 7.17. The first-order valence-electron chi connectivity index (χ1n) is 8.64. The van der Waals surface area contributed by atoms with E-state index in [0.717, 1.165) is 36.8 Å². The van der Waals surface area contributed by atoms with Gasteiger partial charge in [0.2, 0.25) is 5.91 Å². The van der Waals surface area contributed by atoms with Gasteiger partial charge in [-0.1, -0.05) is 23.7 Å². The van der Waals surface area contributed by atoms with Gasteiger partial charge in [0.05, 0.1) is 12.2 Å². The monoisotopic (exact) mass is 389 g/mol. The van der Waals surface area contributed by atoms with Crippen molar-refractivity contribution < 1.29 is 14.3 Å². The molecular weight excluding hydrogens is 370 g/mol. The molecule has 1 aromatic carbocycles. The zero-order chi connectivity index (χ0) is 18.5. The molecule has 2 aromatic rings. The minimum Gasteiger partial charge on any atom is -0.462 e. The van der Waals surface area contributed by atoms with Crippen molar-refractivity contribution in [2.24, 2.45) is 0 Å². The number of nitrogens with one attached hydrogen (secondary N) is 1. The van der Waals surface area contributed by atoms with Crippen LogP contribution in [0, 0.1) is 0 Å². The number of anilines is 1. The fraction of sp³-hybridized carbons (Fsp3) is 0.300. The van der Waals surface area contributed by atoms with Crippen LogP contribution >= 0.6 is 22.9 Å².